The van der Waals surface area contributed by atoms with Crippen LogP contribution < -0.4 is 0 Å². The quantitative estimate of drug-likeness (QED) is 0.569. The molecule has 0 fully saturated rings. The standard InChI is InChI=1S/C12H18.C10H14/c1-9(2)11-6-5-7-12(8-11)10(3)4;1-8(2)10-7-5-4-6-9(10)3/h5-10H,1-4H3;4-8H,1-3H3. The van der Waals surface area contributed by atoms with Gasteiger partial charge < -0.3 is 0 Å². The highest BCUT2D eigenvalue weighted by Gasteiger charge is 2.02. The second-order valence-electron chi connectivity index (χ2n) is 6.99. The van der Waals surface area contributed by atoms with E-state index in [1.54, 1.807) is 0 Å². The van der Waals surface area contributed by atoms with Gasteiger partial charge in [0.2, 0.25) is 0 Å². The van der Waals surface area contributed by atoms with Crippen LogP contribution in [0, 0.1) is 6.92 Å². The molecule has 0 aliphatic heterocycles. The Kier molecular flexibility index (Phi) is 7.38. The van der Waals surface area contributed by atoms with Crippen molar-refractivity contribution in [3.05, 3.63) is 70.8 Å². The van der Waals surface area contributed by atoms with E-state index in [-0.39, 0.29) is 0 Å². The number of aryl methyl sites for hydroxylation is 1. The van der Waals surface area contributed by atoms with Gasteiger partial charge in [0.1, 0.15) is 0 Å². The van der Waals surface area contributed by atoms with Crippen molar-refractivity contribution in [2.75, 3.05) is 0 Å². The minimum Gasteiger partial charge on any atom is -0.0620 e. The van der Waals surface area contributed by atoms with Gasteiger partial charge in [0.05, 0.1) is 0 Å². The lowest BCUT2D eigenvalue weighted by Crippen LogP contribution is -1.91. The van der Waals surface area contributed by atoms with Crippen molar-refractivity contribution in [2.45, 2.75) is 66.2 Å². The highest BCUT2D eigenvalue weighted by atomic mass is 14.1. The third-order valence-electron chi connectivity index (χ3n) is 4.05. The first kappa shape index (κ1) is 18.5. The second-order valence-corrected chi connectivity index (χ2v) is 6.99. The molecule has 2 aromatic rings. The van der Waals surface area contributed by atoms with E-state index in [1.165, 1.54) is 22.3 Å². The Morgan fingerprint density at radius 1 is 0.591 bits per heavy atom. The summed E-state index contributed by atoms with van der Waals surface area (Å²) in [7, 11) is 0. The van der Waals surface area contributed by atoms with E-state index in [0.717, 1.165) is 0 Å². The molecule has 0 spiro atoms. The molecular weight excluding hydrogens is 264 g/mol. The third-order valence-corrected chi connectivity index (χ3v) is 4.05. The van der Waals surface area contributed by atoms with Gasteiger partial charge in [-0.1, -0.05) is 90.1 Å². The van der Waals surface area contributed by atoms with Gasteiger partial charge in [0.25, 0.3) is 0 Å². The maximum atomic E-state index is 2.31. The highest BCUT2D eigenvalue weighted by Crippen LogP contribution is 2.20. The molecule has 0 saturated heterocycles. The Bertz CT molecular complexity index is 539. The van der Waals surface area contributed by atoms with Crippen LogP contribution in [-0.2, 0) is 0 Å². The average Bonchev–Trinajstić information content (AvgIpc) is 2.48. The molecule has 0 amide bonds. The van der Waals surface area contributed by atoms with Crippen LogP contribution in [0.2, 0.25) is 0 Å². The van der Waals surface area contributed by atoms with Crippen LogP contribution >= 0.6 is 0 Å². The van der Waals surface area contributed by atoms with E-state index in [0.29, 0.717) is 17.8 Å². The van der Waals surface area contributed by atoms with Crippen molar-refractivity contribution in [1.82, 2.24) is 0 Å². The summed E-state index contributed by atoms with van der Waals surface area (Å²) in [4.78, 5) is 0. The van der Waals surface area contributed by atoms with Gasteiger partial charge in [-0.25, -0.2) is 0 Å². The number of benzene rings is 2. The molecule has 0 bridgehead atoms. The lowest BCUT2D eigenvalue weighted by Gasteiger charge is -2.09. The highest BCUT2D eigenvalue weighted by molar-refractivity contribution is 5.28. The Balaban J connectivity index is 0.000000224. The average molecular weight is 296 g/mol. The monoisotopic (exact) mass is 296 g/mol. The Hall–Kier alpha value is -1.56. The summed E-state index contributed by atoms with van der Waals surface area (Å²) in [5, 5.41) is 0. The fourth-order valence-corrected chi connectivity index (χ4v) is 2.51. The van der Waals surface area contributed by atoms with E-state index in [2.05, 4.69) is 97.0 Å². The summed E-state index contributed by atoms with van der Waals surface area (Å²) in [6, 6.07) is 17.4. The van der Waals surface area contributed by atoms with Gasteiger partial charge in [-0.3, -0.25) is 0 Å². The fraction of sp³-hybridized carbons (Fsp3) is 0.455. The maximum Gasteiger partial charge on any atom is -0.0216 e. The zero-order valence-electron chi connectivity index (χ0n) is 15.4. The van der Waals surface area contributed by atoms with Crippen LogP contribution in [0.1, 0.15) is 81.5 Å². The smallest absolute Gasteiger partial charge is 0.0216 e. The molecule has 0 radical (unpaired) electrons. The number of hydrogen-bond donors (Lipinski definition) is 0. The van der Waals surface area contributed by atoms with Crippen LogP contribution in [-0.4, -0.2) is 0 Å². The Morgan fingerprint density at radius 3 is 1.45 bits per heavy atom. The summed E-state index contributed by atoms with van der Waals surface area (Å²) < 4.78 is 0. The van der Waals surface area contributed by atoms with E-state index < -0.39 is 0 Å². The molecule has 0 N–H and O–H groups in total. The topological polar surface area (TPSA) is 0 Å². The zero-order chi connectivity index (χ0) is 16.7. The first-order valence-corrected chi connectivity index (χ1v) is 8.48. The summed E-state index contributed by atoms with van der Waals surface area (Å²) in [6.45, 7) is 15.6. The molecule has 0 nitrogen and oxygen atoms in total. The summed E-state index contributed by atoms with van der Waals surface area (Å²) in [5.74, 6) is 1.94. The van der Waals surface area contributed by atoms with E-state index in [1.807, 2.05) is 0 Å². The van der Waals surface area contributed by atoms with Gasteiger partial charge in [0.15, 0.2) is 0 Å². The van der Waals surface area contributed by atoms with Crippen LogP contribution in [0.5, 0.6) is 0 Å². The molecule has 0 aliphatic carbocycles. The number of hydrogen-bond acceptors (Lipinski definition) is 0. The molecule has 0 heteroatoms. The predicted octanol–water partition coefficient (Wildman–Crippen LogP) is 7.05. The van der Waals surface area contributed by atoms with Crippen molar-refractivity contribution in [2.24, 2.45) is 0 Å². The van der Waals surface area contributed by atoms with Crippen molar-refractivity contribution in [3.63, 3.8) is 0 Å². The predicted molar refractivity (Wildman–Crippen MR) is 99.9 cm³/mol. The van der Waals surface area contributed by atoms with Gasteiger partial charge >= 0.3 is 0 Å². The van der Waals surface area contributed by atoms with Gasteiger partial charge in [-0.2, -0.15) is 0 Å². The molecule has 2 aromatic carbocycles. The van der Waals surface area contributed by atoms with Gasteiger partial charge in [-0.05, 0) is 46.9 Å². The first-order chi connectivity index (χ1) is 10.3. The molecule has 0 atom stereocenters. The Labute approximate surface area is 137 Å². The molecule has 0 aliphatic rings. The number of rotatable bonds is 3. The van der Waals surface area contributed by atoms with Crippen LogP contribution in [0.25, 0.3) is 0 Å². The lowest BCUT2D eigenvalue weighted by atomic mass is 9.96. The van der Waals surface area contributed by atoms with E-state index in [9.17, 15) is 0 Å². The van der Waals surface area contributed by atoms with E-state index in [4.69, 9.17) is 0 Å². The molecule has 0 unspecified atom stereocenters. The molecule has 22 heavy (non-hydrogen) atoms. The maximum absolute atomic E-state index is 2.31. The van der Waals surface area contributed by atoms with Gasteiger partial charge in [-0.15, -0.1) is 0 Å². The van der Waals surface area contributed by atoms with Crippen molar-refractivity contribution < 1.29 is 0 Å². The summed E-state index contributed by atoms with van der Waals surface area (Å²) in [6.07, 6.45) is 0. The largest absolute Gasteiger partial charge is 0.0620 e. The minimum absolute atomic E-state index is 0.642. The van der Waals surface area contributed by atoms with Crippen molar-refractivity contribution >= 4 is 0 Å². The van der Waals surface area contributed by atoms with Crippen molar-refractivity contribution in [3.8, 4) is 0 Å². The SMILES string of the molecule is CC(C)c1cccc(C(C)C)c1.Cc1ccccc1C(C)C. The summed E-state index contributed by atoms with van der Waals surface area (Å²) >= 11 is 0. The molecular formula is C22H32. The van der Waals surface area contributed by atoms with Crippen LogP contribution in [0.3, 0.4) is 0 Å². The van der Waals surface area contributed by atoms with Crippen LogP contribution in [0.15, 0.2) is 48.5 Å². The second kappa shape index (κ2) is 8.78. The van der Waals surface area contributed by atoms with E-state index >= 15 is 0 Å². The third kappa shape index (κ3) is 5.67. The minimum atomic E-state index is 0.642. The van der Waals surface area contributed by atoms with Gasteiger partial charge in [0, 0.05) is 0 Å². The molecule has 0 heterocycles. The Morgan fingerprint density at radius 2 is 1.09 bits per heavy atom. The molecule has 0 saturated carbocycles. The first-order valence-electron chi connectivity index (χ1n) is 8.48. The fourth-order valence-electron chi connectivity index (χ4n) is 2.51. The normalized spacial score (nSPS) is 10.8. The lowest BCUT2D eigenvalue weighted by molar-refractivity contribution is 0.834. The molecule has 120 valence electrons. The molecule has 0 aromatic heterocycles. The molecule has 2 rings (SSSR count). The van der Waals surface area contributed by atoms with Crippen LogP contribution in [0.4, 0.5) is 0 Å². The van der Waals surface area contributed by atoms with Crippen molar-refractivity contribution in [1.29, 1.82) is 0 Å². The summed E-state index contributed by atoms with van der Waals surface area (Å²) in [5.41, 5.74) is 5.75. The zero-order valence-corrected chi connectivity index (χ0v) is 15.4.